The van der Waals surface area contributed by atoms with Crippen LogP contribution in [-0.4, -0.2) is 16.0 Å². The smallest absolute Gasteiger partial charge is 0.345 e. The number of thiazole rings is 1. The molecule has 1 amide bonds. The first kappa shape index (κ1) is 18.0. The van der Waals surface area contributed by atoms with Gasteiger partial charge in [-0.1, -0.05) is 53.7 Å². The maximum absolute atomic E-state index is 12.5. The number of amides is 1. The maximum atomic E-state index is 12.5. The Hall–Kier alpha value is -4.04. The fraction of sp³-hybridized carbons (Fsp3) is 0. The lowest BCUT2D eigenvalue weighted by molar-refractivity contribution is 0.101. The van der Waals surface area contributed by atoms with E-state index >= 15 is 0 Å². The summed E-state index contributed by atoms with van der Waals surface area (Å²) >= 11 is 1.20. The van der Waals surface area contributed by atoms with Crippen molar-refractivity contribution in [3.63, 3.8) is 0 Å². The number of carbonyl (C=O) groups is 1. The SMILES string of the molecule is O=C(Nc1nc(-c2cc3ccccc3oc2=O)cs1)c1cc(-c2ccccc2)on1. The second-order valence-electron chi connectivity index (χ2n) is 6.42. The molecule has 30 heavy (non-hydrogen) atoms. The van der Waals surface area contributed by atoms with Crippen LogP contribution in [0.2, 0.25) is 0 Å². The molecule has 2 aromatic carbocycles. The van der Waals surface area contributed by atoms with Crippen molar-refractivity contribution in [3.05, 3.63) is 88.2 Å². The average molecular weight is 415 g/mol. The van der Waals surface area contributed by atoms with Crippen molar-refractivity contribution in [2.45, 2.75) is 0 Å². The van der Waals surface area contributed by atoms with Crippen LogP contribution in [0, 0.1) is 0 Å². The molecule has 3 heterocycles. The summed E-state index contributed by atoms with van der Waals surface area (Å²) in [6.45, 7) is 0. The molecule has 0 saturated carbocycles. The van der Waals surface area contributed by atoms with E-state index in [1.807, 2.05) is 42.5 Å². The molecule has 7 nitrogen and oxygen atoms in total. The molecule has 0 bridgehead atoms. The van der Waals surface area contributed by atoms with Crippen molar-refractivity contribution in [2.75, 3.05) is 5.32 Å². The predicted molar refractivity (Wildman–Crippen MR) is 113 cm³/mol. The first-order valence-corrected chi connectivity index (χ1v) is 9.87. The van der Waals surface area contributed by atoms with E-state index in [4.69, 9.17) is 8.94 Å². The van der Waals surface area contributed by atoms with E-state index in [0.717, 1.165) is 10.9 Å². The zero-order valence-electron chi connectivity index (χ0n) is 15.4. The number of hydrogen-bond acceptors (Lipinski definition) is 7. The summed E-state index contributed by atoms with van der Waals surface area (Å²) in [5, 5.41) is 9.33. The van der Waals surface area contributed by atoms with Gasteiger partial charge in [0.2, 0.25) is 0 Å². The van der Waals surface area contributed by atoms with Crippen LogP contribution < -0.4 is 10.9 Å². The predicted octanol–water partition coefficient (Wildman–Crippen LogP) is 4.82. The molecule has 0 atom stereocenters. The molecule has 1 N–H and O–H groups in total. The largest absolute Gasteiger partial charge is 0.422 e. The summed E-state index contributed by atoms with van der Waals surface area (Å²) in [6.07, 6.45) is 0. The van der Waals surface area contributed by atoms with Crippen LogP contribution in [0.5, 0.6) is 0 Å². The van der Waals surface area contributed by atoms with Crippen molar-refractivity contribution >= 4 is 33.3 Å². The third-order valence-corrected chi connectivity index (χ3v) is 5.20. The van der Waals surface area contributed by atoms with Crippen molar-refractivity contribution in [1.29, 1.82) is 0 Å². The molecule has 0 fully saturated rings. The van der Waals surface area contributed by atoms with Crippen LogP contribution in [0.1, 0.15) is 10.5 Å². The summed E-state index contributed by atoms with van der Waals surface area (Å²) in [4.78, 5) is 29.2. The van der Waals surface area contributed by atoms with Gasteiger partial charge in [-0.05, 0) is 12.1 Å². The molecule has 0 aliphatic carbocycles. The standard InChI is InChI=1S/C22H13N3O4S/c26-20(16-11-19(29-25-16)13-6-2-1-3-7-13)24-22-23-17(12-30-22)15-10-14-8-4-5-9-18(14)28-21(15)27/h1-12H,(H,23,24,26). The number of benzene rings is 2. The van der Waals surface area contributed by atoms with Crippen molar-refractivity contribution in [2.24, 2.45) is 0 Å². The lowest BCUT2D eigenvalue weighted by Crippen LogP contribution is -2.12. The van der Waals surface area contributed by atoms with E-state index in [0.29, 0.717) is 27.7 Å². The quantitative estimate of drug-likeness (QED) is 0.423. The number of rotatable bonds is 4. The van der Waals surface area contributed by atoms with Crippen LogP contribution in [0.15, 0.2) is 85.8 Å². The highest BCUT2D eigenvalue weighted by molar-refractivity contribution is 7.14. The van der Waals surface area contributed by atoms with Gasteiger partial charge >= 0.3 is 5.63 Å². The number of carbonyl (C=O) groups excluding carboxylic acids is 1. The summed E-state index contributed by atoms with van der Waals surface area (Å²) in [5.74, 6) is 0.0433. The van der Waals surface area contributed by atoms with Gasteiger partial charge in [0.1, 0.15) is 5.58 Å². The Morgan fingerprint density at radius 2 is 1.80 bits per heavy atom. The van der Waals surface area contributed by atoms with Gasteiger partial charge in [-0.2, -0.15) is 0 Å². The molecule has 5 rings (SSSR count). The summed E-state index contributed by atoms with van der Waals surface area (Å²) in [5.41, 5.74) is 1.74. The van der Waals surface area contributed by atoms with Crippen molar-refractivity contribution in [3.8, 4) is 22.6 Å². The van der Waals surface area contributed by atoms with Crippen LogP contribution >= 0.6 is 11.3 Å². The minimum absolute atomic E-state index is 0.135. The summed E-state index contributed by atoms with van der Waals surface area (Å²) < 4.78 is 10.6. The number of hydrogen-bond donors (Lipinski definition) is 1. The third kappa shape index (κ3) is 3.40. The van der Waals surface area contributed by atoms with Gasteiger partial charge in [-0.3, -0.25) is 10.1 Å². The van der Waals surface area contributed by atoms with Gasteiger partial charge in [0.05, 0.1) is 11.3 Å². The van der Waals surface area contributed by atoms with Gasteiger partial charge in [0.25, 0.3) is 5.91 Å². The highest BCUT2D eigenvalue weighted by Crippen LogP contribution is 2.26. The van der Waals surface area contributed by atoms with Crippen LogP contribution in [0.3, 0.4) is 0 Å². The minimum Gasteiger partial charge on any atom is -0.422 e. The molecular formula is C22H13N3O4S. The summed E-state index contributed by atoms with van der Waals surface area (Å²) in [7, 11) is 0. The molecule has 146 valence electrons. The lowest BCUT2D eigenvalue weighted by Gasteiger charge is -1.99. The molecule has 0 aliphatic rings. The molecule has 0 unspecified atom stereocenters. The van der Waals surface area contributed by atoms with Crippen molar-refractivity contribution < 1.29 is 13.7 Å². The number of nitrogens with zero attached hydrogens (tertiary/aromatic N) is 2. The third-order valence-electron chi connectivity index (χ3n) is 4.44. The second-order valence-corrected chi connectivity index (χ2v) is 7.28. The van der Waals surface area contributed by atoms with E-state index in [-0.39, 0.29) is 5.69 Å². The topological polar surface area (TPSA) is 98.2 Å². The summed E-state index contributed by atoms with van der Waals surface area (Å²) in [6, 6.07) is 19.9. The number of anilines is 1. The molecule has 0 aliphatic heterocycles. The Balaban J connectivity index is 1.38. The fourth-order valence-corrected chi connectivity index (χ4v) is 3.68. The van der Waals surface area contributed by atoms with E-state index in [1.165, 1.54) is 11.3 Å². The highest BCUT2D eigenvalue weighted by Gasteiger charge is 2.17. The second kappa shape index (κ2) is 7.41. The number of nitrogens with one attached hydrogen (secondary N) is 1. The zero-order valence-corrected chi connectivity index (χ0v) is 16.2. The molecule has 0 spiro atoms. The van der Waals surface area contributed by atoms with Gasteiger partial charge in [-0.15, -0.1) is 11.3 Å². The first-order valence-electron chi connectivity index (χ1n) is 9.00. The van der Waals surface area contributed by atoms with Gasteiger partial charge in [-0.25, -0.2) is 9.78 Å². The van der Waals surface area contributed by atoms with E-state index < -0.39 is 11.5 Å². The number of aromatic nitrogens is 2. The molecule has 5 aromatic rings. The number of para-hydroxylation sites is 1. The molecular weight excluding hydrogens is 402 g/mol. The highest BCUT2D eigenvalue weighted by atomic mass is 32.1. The Morgan fingerprint density at radius 1 is 1.00 bits per heavy atom. The van der Waals surface area contributed by atoms with Gasteiger partial charge in [0, 0.05) is 22.4 Å². The van der Waals surface area contributed by atoms with Gasteiger partial charge < -0.3 is 8.94 Å². The van der Waals surface area contributed by atoms with Crippen LogP contribution in [0.25, 0.3) is 33.6 Å². The van der Waals surface area contributed by atoms with Crippen LogP contribution in [0.4, 0.5) is 5.13 Å². The molecule has 8 heteroatoms. The minimum atomic E-state index is -0.485. The Morgan fingerprint density at radius 3 is 2.67 bits per heavy atom. The normalized spacial score (nSPS) is 10.9. The van der Waals surface area contributed by atoms with Crippen molar-refractivity contribution in [1.82, 2.24) is 10.1 Å². The first-order chi connectivity index (χ1) is 14.7. The van der Waals surface area contributed by atoms with Crippen LogP contribution in [-0.2, 0) is 0 Å². The molecule has 0 radical (unpaired) electrons. The zero-order chi connectivity index (χ0) is 20.5. The molecule has 3 aromatic heterocycles. The average Bonchev–Trinajstić information content (AvgIpc) is 3.44. The van der Waals surface area contributed by atoms with E-state index in [2.05, 4.69) is 15.5 Å². The lowest BCUT2D eigenvalue weighted by atomic mass is 10.1. The van der Waals surface area contributed by atoms with E-state index in [9.17, 15) is 9.59 Å². The fourth-order valence-electron chi connectivity index (χ4n) is 2.98. The number of fused-ring (bicyclic) bond motifs is 1. The maximum Gasteiger partial charge on any atom is 0.345 e. The monoisotopic (exact) mass is 415 g/mol. The van der Waals surface area contributed by atoms with E-state index in [1.54, 1.807) is 29.6 Å². The molecule has 0 saturated heterocycles. The Bertz CT molecular complexity index is 1420. The Kier molecular flexibility index (Phi) is 4.45. The Labute approximate surface area is 173 Å². The van der Waals surface area contributed by atoms with Gasteiger partial charge in [0.15, 0.2) is 16.6 Å².